The van der Waals surface area contributed by atoms with Gasteiger partial charge < -0.3 is 4.74 Å². The van der Waals surface area contributed by atoms with Crippen LogP contribution in [0.15, 0.2) is 24.3 Å². The maximum atomic E-state index is 12.7. The molecule has 2 aromatic rings. The summed E-state index contributed by atoms with van der Waals surface area (Å²) in [6, 6.07) is 6.66. The van der Waals surface area contributed by atoms with Gasteiger partial charge in [0.15, 0.2) is 5.13 Å². The van der Waals surface area contributed by atoms with Crippen molar-refractivity contribution in [3.63, 3.8) is 0 Å². The highest BCUT2D eigenvalue weighted by atomic mass is 32.1. The number of ether oxygens (including phenoxy) is 1. The summed E-state index contributed by atoms with van der Waals surface area (Å²) in [5.74, 6) is -2.45. The summed E-state index contributed by atoms with van der Waals surface area (Å²) in [6.07, 6.45) is 0. The van der Waals surface area contributed by atoms with Crippen LogP contribution in [0.5, 0.6) is 0 Å². The van der Waals surface area contributed by atoms with Crippen molar-refractivity contribution in [2.75, 3.05) is 38.3 Å². The molecule has 3 rings (SSSR count). The minimum atomic E-state index is -1.01. The average Bonchev–Trinajstić information content (AvgIpc) is 3.16. The van der Waals surface area contributed by atoms with E-state index in [0.29, 0.717) is 16.6 Å². The number of anilines is 1. The summed E-state index contributed by atoms with van der Waals surface area (Å²) in [5, 5.41) is 0.477. The Hall–Kier alpha value is -2.85. The van der Waals surface area contributed by atoms with Crippen molar-refractivity contribution in [2.45, 2.75) is 6.92 Å². The molecule has 142 valence electrons. The highest BCUT2D eigenvalue weighted by molar-refractivity contribution is 7.22. The molecule has 10 heteroatoms. The van der Waals surface area contributed by atoms with E-state index in [0.717, 1.165) is 15.1 Å². The van der Waals surface area contributed by atoms with Crippen molar-refractivity contribution in [1.82, 2.24) is 14.8 Å². The molecular formula is C17H18N4O5S. The largest absolute Gasteiger partial charge is 0.383 e. The van der Waals surface area contributed by atoms with Crippen LogP contribution >= 0.6 is 11.3 Å². The van der Waals surface area contributed by atoms with E-state index in [9.17, 15) is 19.2 Å². The fourth-order valence-corrected chi connectivity index (χ4v) is 3.73. The topological polar surface area (TPSA) is 100 Å². The number of thiazole rings is 1. The number of para-hydroxylation sites is 1. The number of amides is 5. The van der Waals surface area contributed by atoms with Gasteiger partial charge in [0.25, 0.3) is 0 Å². The Kier molecular flexibility index (Phi) is 5.47. The van der Waals surface area contributed by atoms with Gasteiger partial charge in [0.05, 0.1) is 23.4 Å². The van der Waals surface area contributed by atoms with Gasteiger partial charge in [-0.25, -0.2) is 14.7 Å². The summed E-state index contributed by atoms with van der Waals surface area (Å²) in [6.45, 7) is 1.64. The van der Waals surface area contributed by atoms with E-state index < -0.39 is 30.3 Å². The van der Waals surface area contributed by atoms with Crippen molar-refractivity contribution in [3.8, 4) is 0 Å². The van der Waals surface area contributed by atoms with Gasteiger partial charge in [-0.05, 0) is 19.1 Å². The van der Waals surface area contributed by atoms with Gasteiger partial charge in [-0.1, -0.05) is 23.5 Å². The number of urea groups is 1. The summed E-state index contributed by atoms with van der Waals surface area (Å²) in [7, 11) is 1.42. The molecule has 1 fully saturated rings. The van der Waals surface area contributed by atoms with Gasteiger partial charge >= 0.3 is 17.8 Å². The standard InChI is InChI=1S/C17H18N4O5S/c1-3-19(16-18-11-6-4-5-7-12(11)27-16)13(22)10-21-15(24)14(23)20(17(21)25)8-9-26-2/h4-7H,3,8-10H2,1-2H3. The minimum Gasteiger partial charge on any atom is -0.383 e. The van der Waals surface area contributed by atoms with E-state index in [1.165, 1.54) is 23.3 Å². The van der Waals surface area contributed by atoms with E-state index in [-0.39, 0.29) is 13.2 Å². The maximum Gasteiger partial charge on any atom is 0.334 e. The molecule has 1 aromatic carbocycles. The van der Waals surface area contributed by atoms with Crippen LogP contribution in [0.2, 0.25) is 0 Å². The number of hydrogen-bond donors (Lipinski definition) is 0. The van der Waals surface area contributed by atoms with Crippen molar-refractivity contribution < 1.29 is 23.9 Å². The number of hydrogen-bond acceptors (Lipinski definition) is 7. The molecule has 1 saturated heterocycles. The third-order valence-corrected chi connectivity index (χ3v) is 5.14. The second-order valence-corrected chi connectivity index (χ2v) is 6.73. The molecule has 1 aromatic heterocycles. The Balaban J connectivity index is 1.77. The van der Waals surface area contributed by atoms with Crippen molar-refractivity contribution in [2.24, 2.45) is 0 Å². The first kappa shape index (κ1) is 18.9. The van der Waals surface area contributed by atoms with Crippen LogP contribution in [-0.4, -0.2) is 71.9 Å². The smallest absolute Gasteiger partial charge is 0.334 e. The Labute approximate surface area is 159 Å². The van der Waals surface area contributed by atoms with Crippen LogP contribution in [-0.2, 0) is 19.1 Å². The summed E-state index contributed by atoms with van der Waals surface area (Å²) in [4.78, 5) is 56.4. The second-order valence-electron chi connectivity index (χ2n) is 5.73. The predicted molar refractivity (Wildman–Crippen MR) is 98.3 cm³/mol. The Bertz CT molecular complexity index is 879. The first-order valence-electron chi connectivity index (χ1n) is 8.30. The highest BCUT2D eigenvalue weighted by Gasteiger charge is 2.45. The van der Waals surface area contributed by atoms with Crippen LogP contribution in [0, 0.1) is 0 Å². The Morgan fingerprint density at radius 1 is 1.19 bits per heavy atom. The average molecular weight is 390 g/mol. The zero-order valence-electron chi connectivity index (χ0n) is 14.9. The van der Waals surface area contributed by atoms with Gasteiger partial charge in [0, 0.05) is 13.7 Å². The lowest BCUT2D eigenvalue weighted by Gasteiger charge is -2.20. The molecule has 2 heterocycles. The molecule has 27 heavy (non-hydrogen) atoms. The van der Waals surface area contributed by atoms with Gasteiger partial charge in [0.2, 0.25) is 5.91 Å². The molecule has 0 radical (unpaired) electrons. The van der Waals surface area contributed by atoms with Gasteiger partial charge in [-0.15, -0.1) is 0 Å². The lowest BCUT2D eigenvalue weighted by atomic mass is 10.3. The molecule has 1 aliphatic heterocycles. The molecular weight excluding hydrogens is 372 g/mol. The summed E-state index contributed by atoms with van der Waals surface area (Å²) in [5.41, 5.74) is 0.762. The fraction of sp³-hybridized carbons (Fsp3) is 0.353. The van der Waals surface area contributed by atoms with Gasteiger partial charge in [-0.2, -0.15) is 0 Å². The summed E-state index contributed by atoms with van der Waals surface area (Å²) < 4.78 is 5.76. The molecule has 1 aliphatic rings. The number of carbonyl (C=O) groups is 4. The molecule has 0 unspecified atom stereocenters. The molecule has 0 saturated carbocycles. The van der Waals surface area contributed by atoms with Gasteiger partial charge in [-0.3, -0.25) is 24.2 Å². The summed E-state index contributed by atoms with van der Waals surface area (Å²) >= 11 is 1.34. The second kappa shape index (κ2) is 7.80. The van der Waals surface area contributed by atoms with Crippen LogP contribution in [0.4, 0.5) is 9.93 Å². The fourth-order valence-electron chi connectivity index (χ4n) is 2.68. The molecule has 0 spiro atoms. The number of benzene rings is 1. The quantitative estimate of drug-likeness (QED) is 0.518. The SMILES string of the molecule is CCN(C(=O)CN1C(=O)C(=O)N(CCOC)C1=O)c1nc2ccccc2s1. The zero-order valence-corrected chi connectivity index (χ0v) is 15.7. The predicted octanol–water partition coefficient (Wildman–Crippen LogP) is 1.09. The number of rotatable bonds is 7. The monoisotopic (exact) mass is 390 g/mol. The number of nitrogens with zero attached hydrogens (tertiary/aromatic N) is 4. The van der Waals surface area contributed by atoms with Gasteiger partial charge in [0.1, 0.15) is 6.54 Å². The van der Waals surface area contributed by atoms with E-state index >= 15 is 0 Å². The van der Waals surface area contributed by atoms with Crippen LogP contribution < -0.4 is 4.90 Å². The number of aromatic nitrogens is 1. The number of likely N-dealkylation sites (N-methyl/N-ethyl adjacent to an activating group) is 1. The van der Waals surface area contributed by atoms with Crippen molar-refractivity contribution >= 4 is 50.4 Å². The van der Waals surface area contributed by atoms with Crippen LogP contribution in [0.25, 0.3) is 10.2 Å². The van der Waals surface area contributed by atoms with E-state index in [2.05, 4.69) is 4.98 Å². The third kappa shape index (κ3) is 3.53. The zero-order chi connectivity index (χ0) is 19.6. The Morgan fingerprint density at radius 2 is 1.89 bits per heavy atom. The molecule has 9 nitrogen and oxygen atoms in total. The number of methoxy groups -OCH3 is 1. The van der Waals surface area contributed by atoms with Crippen molar-refractivity contribution in [1.29, 1.82) is 0 Å². The highest BCUT2D eigenvalue weighted by Crippen LogP contribution is 2.28. The van der Waals surface area contributed by atoms with E-state index in [4.69, 9.17) is 4.74 Å². The van der Waals surface area contributed by atoms with Crippen molar-refractivity contribution in [3.05, 3.63) is 24.3 Å². The molecule has 5 amide bonds. The Morgan fingerprint density at radius 3 is 2.56 bits per heavy atom. The number of fused-ring (bicyclic) bond motifs is 1. The lowest BCUT2D eigenvalue weighted by Crippen LogP contribution is -2.43. The van der Waals surface area contributed by atoms with E-state index in [1.807, 2.05) is 24.3 Å². The molecule has 0 aliphatic carbocycles. The maximum absolute atomic E-state index is 12.7. The third-order valence-electron chi connectivity index (χ3n) is 4.08. The first-order chi connectivity index (χ1) is 13.0. The minimum absolute atomic E-state index is 0.0417. The van der Waals surface area contributed by atoms with Crippen LogP contribution in [0.1, 0.15) is 6.92 Å². The molecule has 0 bridgehead atoms. The lowest BCUT2D eigenvalue weighted by molar-refractivity contribution is -0.144. The first-order valence-corrected chi connectivity index (χ1v) is 9.11. The molecule has 0 N–H and O–H groups in total. The number of imide groups is 2. The molecule has 0 atom stereocenters. The van der Waals surface area contributed by atoms with E-state index in [1.54, 1.807) is 6.92 Å². The normalized spacial score (nSPS) is 14.5. The van der Waals surface area contributed by atoms with Crippen LogP contribution in [0.3, 0.4) is 0 Å². The number of carbonyl (C=O) groups excluding carboxylic acids is 4.